The molecular weight excluding hydrogens is 428 g/mol. The zero-order chi connectivity index (χ0) is 22.3. The number of anilines is 1. The summed E-state index contributed by atoms with van der Waals surface area (Å²) in [6, 6.07) is 17.9. The van der Waals surface area contributed by atoms with Crippen LogP contribution < -0.4 is 14.8 Å². The number of nitrogens with one attached hydrogen (secondary N) is 1. The Hall–Kier alpha value is -3.82. The van der Waals surface area contributed by atoms with Gasteiger partial charge in [-0.2, -0.15) is 0 Å². The average molecular weight is 449 g/mol. The molecular formula is C23H20N4O4S. The van der Waals surface area contributed by atoms with E-state index in [4.69, 9.17) is 9.47 Å². The van der Waals surface area contributed by atoms with E-state index in [1.807, 2.05) is 42.5 Å². The summed E-state index contributed by atoms with van der Waals surface area (Å²) in [7, 11) is 1.49. The molecule has 0 spiro atoms. The molecule has 0 radical (unpaired) electrons. The number of ether oxygens (including phenoxy) is 2. The minimum Gasteiger partial charge on any atom is -0.493 e. The van der Waals surface area contributed by atoms with Crippen LogP contribution in [-0.2, 0) is 0 Å². The third-order valence-corrected chi connectivity index (χ3v) is 5.49. The Morgan fingerprint density at radius 2 is 1.84 bits per heavy atom. The number of pyridine rings is 1. The zero-order valence-corrected chi connectivity index (χ0v) is 18.0. The number of methoxy groups -OCH3 is 1. The molecule has 0 unspecified atom stereocenters. The van der Waals surface area contributed by atoms with Crippen molar-refractivity contribution < 1.29 is 19.4 Å². The second kappa shape index (κ2) is 9.99. The summed E-state index contributed by atoms with van der Waals surface area (Å²) in [6.45, 7) is -0.202. The van der Waals surface area contributed by atoms with Gasteiger partial charge in [0.05, 0.1) is 13.7 Å². The van der Waals surface area contributed by atoms with E-state index in [-0.39, 0.29) is 12.5 Å². The molecule has 2 heterocycles. The summed E-state index contributed by atoms with van der Waals surface area (Å²) in [4.78, 5) is 16.7. The van der Waals surface area contributed by atoms with Crippen molar-refractivity contribution in [1.82, 2.24) is 15.2 Å². The molecule has 1 atom stereocenters. The standard InChI is InChI=1S/C23H20N4O4S/c1-30-19-13-17(7-8-18(19)31-20(14-28)15-5-3-2-4-6-15)21(29)25-23-27-26-22(32-23)16-9-11-24-12-10-16/h2-13,20,28H,14H2,1H3,(H,25,27,29)/t20-/m1/s1. The van der Waals surface area contributed by atoms with Crippen LogP contribution in [0.1, 0.15) is 22.0 Å². The summed E-state index contributed by atoms with van der Waals surface area (Å²) < 4.78 is 11.4. The molecule has 4 rings (SSSR count). The molecule has 2 aromatic heterocycles. The highest BCUT2D eigenvalue weighted by atomic mass is 32.1. The molecule has 0 aliphatic carbocycles. The van der Waals surface area contributed by atoms with Gasteiger partial charge < -0.3 is 14.6 Å². The van der Waals surface area contributed by atoms with Crippen molar-refractivity contribution in [2.75, 3.05) is 19.0 Å². The number of nitrogens with zero attached hydrogens (tertiary/aromatic N) is 3. The van der Waals surface area contributed by atoms with E-state index in [2.05, 4.69) is 20.5 Å². The zero-order valence-electron chi connectivity index (χ0n) is 17.1. The lowest BCUT2D eigenvalue weighted by atomic mass is 10.1. The number of benzene rings is 2. The fourth-order valence-electron chi connectivity index (χ4n) is 2.99. The molecule has 8 nitrogen and oxygen atoms in total. The summed E-state index contributed by atoms with van der Waals surface area (Å²) >= 11 is 1.27. The first kappa shape index (κ1) is 21.4. The maximum Gasteiger partial charge on any atom is 0.257 e. The summed E-state index contributed by atoms with van der Waals surface area (Å²) in [5.41, 5.74) is 2.08. The number of rotatable bonds is 8. The van der Waals surface area contributed by atoms with Crippen LogP contribution in [0.25, 0.3) is 10.6 Å². The minimum absolute atomic E-state index is 0.202. The maximum atomic E-state index is 12.7. The van der Waals surface area contributed by atoms with Gasteiger partial charge in [-0.05, 0) is 35.9 Å². The van der Waals surface area contributed by atoms with Crippen molar-refractivity contribution in [1.29, 1.82) is 0 Å². The van der Waals surface area contributed by atoms with Gasteiger partial charge in [-0.25, -0.2) is 0 Å². The number of aromatic nitrogens is 3. The highest BCUT2D eigenvalue weighted by Crippen LogP contribution is 2.33. The predicted octanol–water partition coefficient (Wildman–Crippen LogP) is 3.97. The first-order valence-corrected chi connectivity index (χ1v) is 10.6. The molecule has 2 N–H and O–H groups in total. The normalized spacial score (nSPS) is 11.6. The third-order valence-electron chi connectivity index (χ3n) is 4.60. The summed E-state index contributed by atoms with van der Waals surface area (Å²) in [5.74, 6) is 0.443. The van der Waals surface area contributed by atoms with Crippen LogP contribution in [0.2, 0.25) is 0 Å². The topological polar surface area (TPSA) is 106 Å². The number of carbonyl (C=O) groups is 1. The van der Waals surface area contributed by atoms with E-state index in [0.29, 0.717) is 27.2 Å². The number of aliphatic hydroxyl groups excluding tert-OH is 1. The number of hydrogen-bond acceptors (Lipinski definition) is 8. The molecule has 2 aromatic carbocycles. The average Bonchev–Trinajstić information content (AvgIpc) is 3.32. The summed E-state index contributed by atoms with van der Waals surface area (Å²) in [5, 5.41) is 21.7. The Kier molecular flexibility index (Phi) is 6.69. The van der Waals surface area contributed by atoms with Crippen LogP contribution >= 0.6 is 11.3 Å². The van der Waals surface area contributed by atoms with E-state index in [1.165, 1.54) is 18.4 Å². The van der Waals surface area contributed by atoms with E-state index >= 15 is 0 Å². The number of aliphatic hydroxyl groups is 1. The molecule has 9 heteroatoms. The van der Waals surface area contributed by atoms with Crippen molar-refractivity contribution in [3.8, 4) is 22.1 Å². The Bertz CT molecular complexity index is 1190. The molecule has 0 aliphatic heterocycles. The van der Waals surface area contributed by atoms with Crippen molar-refractivity contribution in [3.05, 3.63) is 84.2 Å². The SMILES string of the molecule is COc1cc(C(=O)Nc2nnc(-c3ccncc3)s2)ccc1O[C@H](CO)c1ccccc1. The van der Waals surface area contributed by atoms with Gasteiger partial charge in [0.1, 0.15) is 11.1 Å². The van der Waals surface area contributed by atoms with Crippen molar-refractivity contribution >= 4 is 22.4 Å². The van der Waals surface area contributed by atoms with Gasteiger partial charge in [-0.1, -0.05) is 41.7 Å². The van der Waals surface area contributed by atoms with Crippen molar-refractivity contribution in [2.45, 2.75) is 6.10 Å². The molecule has 0 saturated heterocycles. The van der Waals surface area contributed by atoms with E-state index in [1.54, 1.807) is 30.6 Å². The predicted molar refractivity (Wildman–Crippen MR) is 121 cm³/mol. The lowest BCUT2D eigenvalue weighted by Gasteiger charge is -2.19. The van der Waals surface area contributed by atoms with Crippen LogP contribution in [0.4, 0.5) is 5.13 Å². The fraction of sp³-hybridized carbons (Fsp3) is 0.130. The smallest absolute Gasteiger partial charge is 0.257 e. The van der Waals surface area contributed by atoms with E-state index < -0.39 is 6.10 Å². The molecule has 32 heavy (non-hydrogen) atoms. The second-order valence-electron chi connectivity index (χ2n) is 6.67. The van der Waals surface area contributed by atoms with E-state index in [9.17, 15) is 9.90 Å². The maximum absolute atomic E-state index is 12.7. The van der Waals surface area contributed by atoms with Gasteiger partial charge >= 0.3 is 0 Å². The first-order valence-electron chi connectivity index (χ1n) is 9.73. The Morgan fingerprint density at radius 1 is 1.06 bits per heavy atom. The van der Waals surface area contributed by atoms with Gasteiger partial charge in [0.15, 0.2) is 11.5 Å². The first-order chi connectivity index (χ1) is 15.7. The Balaban J connectivity index is 1.48. The van der Waals surface area contributed by atoms with Crippen molar-refractivity contribution in [3.63, 3.8) is 0 Å². The monoisotopic (exact) mass is 448 g/mol. The lowest BCUT2D eigenvalue weighted by Crippen LogP contribution is -2.14. The van der Waals surface area contributed by atoms with Crippen LogP contribution in [-0.4, -0.2) is 39.9 Å². The second-order valence-corrected chi connectivity index (χ2v) is 7.65. The highest BCUT2D eigenvalue weighted by molar-refractivity contribution is 7.18. The number of amides is 1. The highest BCUT2D eigenvalue weighted by Gasteiger charge is 2.18. The van der Waals surface area contributed by atoms with E-state index in [0.717, 1.165) is 11.1 Å². The van der Waals surface area contributed by atoms with Gasteiger partial charge in [0.25, 0.3) is 5.91 Å². The van der Waals surface area contributed by atoms with Crippen LogP contribution in [0.15, 0.2) is 73.1 Å². The quantitative estimate of drug-likeness (QED) is 0.420. The van der Waals surface area contributed by atoms with Crippen LogP contribution in [0.5, 0.6) is 11.5 Å². The largest absolute Gasteiger partial charge is 0.493 e. The number of carbonyl (C=O) groups excluding carboxylic acids is 1. The minimum atomic E-state index is -0.558. The van der Waals surface area contributed by atoms with Crippen LogP contribution in [0.3, 0.4) is 0 Å². The molecule has 1 amide bonds. The molecule has 162 valence electrons. The van der Waals surface area contributed by atoms with Gasteiger partial charge in [0, 0.05) is 23.5 Å². The Morgan fingerprint density at radius 3 is 2.56 bits per heavy atom. The molecule has 0 saturated carbocycles. The Labute approximate surface area is 188 Å². The third kappa shape index (κ3) is 4.90. The fourth-order valence-corrected chi connectivity index (χ4v) is 3.74. The summed E-state index contributed by atoms with van der Waals surface area (Å²) in [6.07, 6.45) is 2.78. The van der Waals surface area contributed by atoms with Gasteiger partial charge in [-0.15, -0.1) is 10.2 Å². The van der Waals surface area contributed by atoms with Gasteiger partial charge in [-0.3, -0.25) is 15.1 Å². The lowest BCUT2D eigenvalue weighted by molar-refractivity contribution is 0.102. The van der Waals surface area contributed by atoms with Crippen LogP contribution in [0, 0.1) is 0 Å². The van der Waals surface area contributed by atoms with Gasteiger partial charge in [0.2, 0.25) is 5.13 Å². The van der Waals surface area contributed by atoms with Crippen molar-refractivity contribution in [2.24, 2.45) is 0 Å². The number of hydrogen-bond donors (Lipinski definition) is 2. The molecule has 0 aliphatic rings. The molecule has 0 fully saturated rings. The molecule has 0 bridgehead atoms. The molecule has 4 aromatic rings.